The van der Waals surface area contributed by atoms with Crippen molar-refractivity contribution in [1.29, 1.82) is 0 Å². The van der Waals surface area contributed by atoms with Crippen LogP contribution in [-0.2, 0) is 16.3 Å². The Bertz CT molecular complexity index is 837. The Labute approximate surface area is 143 Å². The van der Waals surface area contributed by atoms with Crippen LogP contribution in [0.1, 0.15) is 35.3 Å². The highest BCUT2D eigenvalue weighted by Crippen LogP contribution is 2.16. The zero-order chi connectivity index (χ0) is 18.0. The molecule has 1 amide bonds. The summed E-state index contributed by atoms with van der Waals surface area (Å²) < 4.78 is 23.3. The summed E-state index contributed by atoms with van der Waals surface area (Å²) in [6.07, 6.45) is 1.82. The standard InChI is InChI=1S/C19H23NO3S/c1-14-8-10-15(11-9-14)13-19(2,3)20-18(21)16-6-5-7-17(12-16)24(4,22)23/h5-12H,13H2,1-4H3,(H,20,21). The Morgan fingerprint density at radius 3 is 2.29 bits per heavy atom. The van der Waals surface area contributed by atoms with E-state index in [0.717, 1.165) is 11.8 Å². The lowest BCUT2D eigenvalue weighted by Gasteiger charge is -2.26. The molecule has 128 valence electrons. The molecule has 0 radical (unpaired) electrons. The molecule has 0 atom stereocenters. The molecule has 5 heteroatoms. The number of sulfone groups is 1. The van der Waals surface area contributed by atoms with Crippen molar-refractivity contribution < 1.29 is 13.2 Å². The minimum absolute atomic E-state index is 0.145. The summed E-state index contributed by atoms with van der Waals surface area (Å²) in [5.74, 6) is -0.280. The average molecular weight is 345 g/mol. The van der Waals surface area contributed by atoms with Crippen LogP contribution < -0.4 is 5.32 Å². The van der Waals surface area contributed by atoms with Crippen molar-refractivity contribution in [2.75, 3.05) is 6.26 Å². The first-order chi connectivity index (χ1) is 11.1. The van der Waals surface area contributed by atoms with Gasteiger partial charge in [0.2, 0.25) is 0 Å². The number of hydrogen-bond acceptors (Lipinski definition) is 3. The monoisotopic (exact) mass is 345 g/mol. The zero-order valence-corrected chi connectivity index (χ0v) is 15.3. The van der Waals surface area contributed by atoms with E-state index in [1.54, 1.807) is 12.1 Å². The van der Waals surface area contributed by atoms with Crippen LogP contribution in [0.2, 0.25) is 0 Å². The summed E-state index contributed by atoms with van der Waals surface area (Å²) in [5, 5.41) is 2.98. The Kier molecular flexibility index (Phi) is 5.13. The van der Waals surface area contributed by atoms with Crippen molar-refractivity contribution >= 4 is 15.7 Å². The molecule has 1 N–H and O–H groups in total. The van der Waals surface area contributed by atoms with Gasteiger partial charge >= 0.3 is 0 Å². The smallest absolute Gasteiger partial charge is 0.251 e. The van der Waals surface area contributed by atoms with Crippen LogP contribution >= 0.6 is 0 Å². The molecular weight excluding hydrogens is 322 g/mol. The summed E-state index contributed by atoms with van der Waals surface area (Å²) in [4.78, 5) is 12.6. The molecule has 0 spiro atoms. The van der Waals surface area contributed by atoms with Crippen LogP contribution in [0.15, 0.2) is 53.4 Å². The molecule has 2 rings (SSSR count). The van der Waals surface area contributed by atoms with E-state index in [9.17, 15) is 13.2 Å². The van der Waals surface area contributed by atoms with E-state index in [4.69, 9.17) is 0 Å². The third-order valence-corrected chi connectivity index (χ3v) is 4.85. The van der Waals surface area contributed by atoms with Crippen molar-refractivity contribution in [3.8, 4) is 0 Å². The van der Waals surface area contributed by atoms with E-state index >= 15 is 0 Å². The highest BCUT2D eigenvalue weighted by molar-refractivity contribution is 7.90. The lowest BCUT2D eigenvalue weighted by Crippen LogP contribution is -2.45. The minimum atomic E-state index is -3.34. The number of rotatable bonds is 5. The maximum atomic E-state index is 12.5. The van der Waals surface area contributed by atoms with Gasteiger partial charge in [0.25, 0.3) is 5.91 Å². The van der Waals surface area contributed by atoms with Gasteiger partial charge in [0.05, 0.1) is 4.90 Å². The molecule has 4 nitrogen and oxygen atoms in total. The summed E-state index contributed by atoms with van der Waals surface area (Å²) in [5.41, 5.74) is 2.22. The Morgan fingerprint density at radius 1 is 1.08 bits per heavy atom. The molecule has 24 heavy (non-hydrogen) atoms. The second-order valence-electron chi connectivity index (χ2n) is 6.80. The zero-order valence-electron chi connectivity index (χ0n) is 14.5. The van der Waals surface area contributed by atoms with Gasteiger partial charge in [-0.15, -0.1) is 0 Å². The quantitative estimate of drug-likeness (QED) is 0.905. The van der Waals surface area contributed by atoms with Crippen LogP contribution in [0.4, 0.5) is 0 Å². The molecule has 0 heterocycles. The average Bonchev–Trinajstić information content (AvgIpc) is 2.48. The Morgan fingerprint density at radius 2 is 1.71 bits per heavy atom. The number of nitrogens with one attached hydrogen (secondary N) is 1. The fourth-order valence-electron chi connectivity index (χ4n) is 2.51. The van der Waals surface area contributed by atoms with Crippen molar-refractivity contribution in [2.24, 2.45) is 0 Å². The predicted molar refractivity (Wildman–Crippen MR) is 96.0 cm³/mol. The van der Waals surface area contributed by atoms with Gasteiger partial charge in [-0.2, -0.15) is 0 Å². The van der Waals surface area contributed by atoms with Crippen LogP contribution in [0.5, 0.6) is 0 Å². The number of carbonyl (C=O) groups excluding carboxylic acids is 1. The topological polar surface area (TPSA) is 63.2 Å². The van der Waals surface area contributed by atoms with E-state index < -0.39 is 15.4 Å². The van der Waals surface area contributed by atoms with Crippen molar-refractivity contribution in [3.05, 3.63) is 65.2 Å². The van der Waals surface area contributed by atoms with Crippen molar-refractivity contribution in [2.45, 2.75) is 37.6 Å². The van der Waals surface area contributed by atoms with Gasteiger partial charge < -0.3 is 5.32 Å². The highest BCUT2D eigenvalue weighted by Gasteiger charge is 2.22. The first kappa shape index (κ1) is 18.2. The lowest BCUT2D eigenvalue weighted by molar-refractivity contribution is 0.0913. The molecule has 0 fully saturated rings. The van der Waals surface area contributed by atoms with Crippen LogP contribution in [0.25, 0.3) is 0 Å². The summed E-state index contributed by atoms with van der Waals surface area (Å²) in [7, 11) is -3.34. The van der Waals surface area contributed by atoms with Gasteiger partial charge in [-0.05, 0) is 51.0 Å². The van der Waals surface area contributed by atoms with E-state index in [1.165, 1.54) is 17.7 Å². The minimum Gasteiger partial charge on any atom is -0.347 e. The first-order valence-electron chi connectivity index (χ1n) is 7.75. The maximum absolute atomic E-state index is 12.5. The Hall–Kier alpha value is -2.14. The molecule has 2 aromatic carbocycles. The molecule has 0 aliphatic heterocycles. The van der Waals surface area contributed by atoms with E-state index in [2.05, 4.69) is 5.32 Å². The second-order valence-corrected chi connectivity index (χ2v) is 8.82. The van der Waals surface area contributed by atoms with Gasteiger partial charge in [-0.25, -0.2) is 8.42 Å². The van der Waals surface area contributed by atoms with Gasteiger partial charge in [0, 0.05) is 17.4 Å². The van der Waals surface area contributed by atoms with Gasteiger partial charge in [-0.1, -0.05) is 35.9 Å². The molecule has 0 bridgehead atoms. The largest absolute Gasteiger partial charge is 0.347 e. The molecule has 0 aromatic heterocycles. The molecule has 0 unspecified atom stereocenters. The number of aryl methyl sites for hydroxylation is 1. The lowest BCUT2D eigenvalue weighted by atomic mass is 9.94. The summed E-state index contributed by atoms with van der Waals surface area (Å²) in [6, 6.07) is 14.3. The van der Waals surface area contributed by atoms with Crippen molar-refractivity contribution in [3.63, 3.8) is 0 Å². The molecule has 0 aliphatic rings. The summed E-state index contributed by atoms with van der Waals surface area (Å²) >= 11 is 0. The third-order valence-electron chi connectivity index (χ3n) is 3.74. The fraction of sp³-hybridized carbons (Fsp3) is 0.316. The summed E-state index contributed by atoms with van der Waals surface area (Å²) in [6.45, 7) is 5.93. The molecular formula is C19H23NO3S. The Balaban J connectivity index is 2.14. The van der Waals surface area contributed by atoms with E-state index in [0.29, 0.717) is 12.0 Å². The fourth-order valence-corrected chi connectivity index (χ4v) is 3.17. The predicted octanol–water partition coefficient (Wildman–Crippen LogP) is 3.15. The molecule has 0 aliphatic carbocycles. The molecule has 0 saturated carbocycles. The van der Waals surface area contributed by atoms with E-state index in [-0.39, 0.29) is 10.8 Å². The van der Waals surface area contributed by atoms with Crippen LogP contribution in [-0.4, -0.2) is 26.1 Å². The number of benzene rings is 2. The number of carbonyl (C=O) groups is 1. The van der Waals surface area contributed by atoms with Crippen LogP contribution in [0, 0.1) is 6.92 Å². The van der Waals surface area contributed by atoms with Gasteiger partial charge in [-0.3, -0.25) is 4.79 Å². The highest BCUT2D eigenvalue weighted by atomic mass is 32.2. The SMILES string of the molecule is Cc1ccc(CC(C)(C)NC(=O)c2cccc(S(C)(=O)=O)c2)cc1. The van der Waals surface area contributed by atoms with E-state index in [1.807, 2.05) is 45.0 Å². The second kappa shape index (κ2) is 6.77. The normalized spacial score (nSPS) is 12.0. The van der Waals surface area contributed by atoms with Crippen molar-refractivity contribution in [1.82, 2.24) is 5.32 Å². The maximum Gasteiger partial charge on any atom is 0.251 e. The van der Waals surface area contributed by atoms with Gasteiger partial charge in [0.1, 0.15) is 0 Å². The third kappa shape index (κ3) is 4.93. The molecule has 2 aromatic rings. The first-order valence-corrected chi connectivity index (χ1v) is 9.64. The number of hydrogen-bond donors (Lipinski definition) is 1. The van der Waals surface area contributed by atoms with Crippen LogP contribution in [0.3, 0.4) is 0 Å². The van der Waals surface area contributed by atoms with Gasteiger partial charge in [0.15, 0.2) is 9.84 Å². The molecule has 0 saturated heterocycles. The number of amides is 1.